The number of rotatable bonds is 4. The minimum absolute atomic E-state index is 0. The van der Waals surface area contributed by atoms with Crippen molar-refractivity contribution in [3.63, 3.8) is 0 Å². The third-order valence-electron chi connectivity index (χ3n) is 4.05. The molecule has 0 radical (unpaired) electrons. The van der Waals surface area contributed by atoms with Gasteiger partial charge in [0.05, 0.1) is 5.56 Å². The Morgan fingerprint density at radius 1 is 1.08 bits per heavy atom. The van der Waals surface area contributed by atoms with Crippen LogP contribution in [-0.4, -0.2) is 37.0 Å². The highest BCUT2D eigenvalue weighted by atomic mass is 79.9. The van der Waals surface area contributed by atoms with E-state index in [9.17, 15) is 4.79 Å². The number of benzene rings is 2. The van der Waals surface area contributed by atoms with Crippen molar-refractivity contribution in [1.82, 2.24) is 10.2 Å². The molecule has 4 nitrogen and oxygen atoms in total. The van der Waals surface area contributed by atoms with Crippen molar-refractivity contribution in [1.29, 1.82) is 0 Å². The zero-order valence-corrected chi connectivity index (χ0v) is 16.3. The van der Waals surface area contributed by atoms with E-state index in [-0.39, 0.29) is 18.3 Å². The van der Waals surface area contributed by atoms with Crippen LogP contribution in [0.3, 0.4) is 0 Å². The average molecular weight is 426 g/mol. The predicted octanol–water partition coefficient (Wildman–Crippen LogP) is 3.89. The monoisotopic (exact) mass is 424 g/mol. The van der Waals surface area contributed by atoms with E-state index < -0.39 is 0 Å². The number of hydrogen-bond donors (Lipinski definition) is 1. The molecule has 3 rings (SSSR count). The average Bonchev–Trinajstić information content (AvgIpc) is 2.90. The number of carbonyl (C=O) groups excluding carboxylic acids is 1. The van der Waals surface area contributed by atoms with Gasteiger partial charge in [0, 0.05) is 24.1 Å². The van der Waals surface area contributed by atoms with Crippen LogP contribution in [0.1, 0.15) is 22.3 Å². The number of ether oxygens (including phenoxy) is 1. The lowest BCUT2D eigenvalue weighted by Gasteiger charge is -2.21. The van der Waals surface area contributed by atoms with E-state index in [1.165, 1.54) is 0 Å². The summed E-state index contributed by atoms with van der Waals surface area (Å²) in [5.41, 5.74) is 1.70. The third-order valence-corrected chi connectivity index (χ3v) is 4.58. The number of para-hydroxylation sites is 1. The summed E-state index contributed by atoms with van der Waals surface area (Å²) in [6, 6.07) is 15.5. The van der Waals surface area contributed by atoms with Crippen molar-refractivity contribution in [3.05, 3.63) is 64.1 Å². The minimum atomic E-state index is 0. The summed E-state index contributed by atoms with van der Waals surface area (Å²) >= 11 is 3.43. The number of nitrogens with zero attached hydrogens (tertiary/aromatic N) is 1. The fourth-order valence-corrected chi connectivity index (χ4v) is 2.99. The molecule has 1 aliphatic heterocycles. The molecule has 2 aromatic carbocycles. The topological polar surface area (TPSA) is 41.6 Å². The van der Waals surface area contributed by atoms with Gasteiger partial charge in [-0.2, -0.15) is 0 Å². The van der Waals surface area contributed by atoms with Gasteiger partial charge in [0.25, 0.3) is 5.91 Å². The maximum Gasteiger partial charge on any atom is 0.257 e. The zero-order valence-electron chi connectivity index (χ0n) is 13.9. The Labute approximate surface area is 163 Å². The molecule has 2 aromatic rings. The number of amides is 1. The Balaban J connectivity index is 0.00000225. The molecule has 25 heavy (non-hydrogen) atoms. The van der Waals surface area contributed by atoms with Gasteiger partial charge in [0.1, 0.15) is 12.4 Å². The first-order valence-electron chi connectivity index (χ1n) is 8.20. The van der Waals surface area contributed by atoms with E-state index in [1.807, 2.05) is 53.4 Å². The number of halogens is 2. The van der Waals surface area contributed by atoms with E-state index >= 15 is 0 Å². The van der Waals surface area contributed by atoms with E-state index in [2.05, 4.69) is 21.2 Å². The summed E-state index contributed by atoms with van der Waals surface area (Å²) in [4.78, 5) is 14.7. The quantitative estimate of drug-likeness (QED) is 0.808. The summed E-state index contributed by atoms with van der Waals surface area (Å²) in [7, 11) is 0. The SMILES string of the molecule is Cl.O=C(c1ccccc1OCc1ccc(Br)cc1)N1CCCNCC1. The second kappa shape index (κ2) is 9.80. The molecule has 0 unspecified atom stereocenters. The van der Waals surface area contributed by atoms with Gasteiger partial charge in [-0.1, -0.05) is 40.2 Å². The molecule has 0 aliphatic carbocycles. The van der Waals surface area contributed by atoms with Crippen LogP contribution in [0, 0.1) is 0 Å². The Morgan fingerprint density at radius 2 is 1.84 bits per heavy atom. The fraction of sp³-hybridized carbons (Fsp3) is 0.316. The van der Waals surface area contributed by atoms with Crippen LogP contribution in [0.2, 0.25) is 0 Å². The first-order chi connectivity index (χ1) is 11.7. The van der Waals surface area contributed by atoms with Gasteiger partial charge < -0.3 is 15.0 Å². The first-order valence-corrected chi connectivity index (χ1v) is 8.99. The zero-order chi connectivity index (χ0) is 16.8. The highest BCUT2D eigenvalue weighted by Crippen LogP contribution is 2.22. The summed E-state index contributed by atoms with van der Waals surface area (Å²) in [5, 5.41) is 3.32. The number of hydrogen-bond acceptors (Lipinski definition) is 3. The molecule has 1 N–H and O–H groups in total. The normalized spacial score (nSPS) is 14.4. The summed E-state index contributed by atoms with van der Waals surface area (Å²) in [6.07, 6.45) is 0.980. The van der Waals surface area contributed by atoms with Crippen LogP contribution in [0.4, 0.5) is 0 Å². The molecule has 0 spiro atoms. The maximum absolute atomic E-state index is 12.8. The van der Waals surface area contributed by atoms with Crippen molar-refractivity contribution in [2.75, 3.05) is 26.2 Å². The maximum atomic E-state index is 12.8. The first kappa shape index (κ1) is 19.8. The smallest absolute Gasteiger partial charge is 0.257 e. The molecule has 1 aliphatic rings. The lowest BCUT2D eigenvalue weighted by molar-refractivity contribution is 0.0761. The van der Waals surface area contributed by atoms with Crippen LogP contribution in [0.5, 0.6) is 5.75 Å². The van der Waals surface area contributed by atoms with E-state index in [0.717, 1.165) is 42.6 Å². The van der Waals surface area contributed by atoms with Gasteiger partial charge in [-0.25, -0.2) is 0 Å². The molecule has 0 saturated carbocycles. The second-order valence-corrected chi connectivity index (χ2v) is 6.72. The Hall–Kier alpha value is -1.56. The fourth-order valence-electron chi connectivity index (χ4n) is 2.73. The largest absolute Gasteiger partial charge is 0.488 e. The van der Waals surface area contributed by atoms with Crippen molar-refractivity contribution in [2.24, 2.45) is 0 Å². The molecule has 134 valence electrons. The molecule has 1 heterocycles. The molecule has 1 saturated heterocycles. The molecule has 0 bridgehead atoms. The van der Waals surface area contributed by atoms with Gasteiger partial charge in [-0.15, -0.1) is 12.4 Å². The molecule has 0 aromatic heterocycles. The van der Waals surface area contributed by atoms with Crippen molar-refractivity contribution < 1.29 is 9.53 Å². The van der Waals surface area contributed by atoms with Crippen molar-refractivity contribution in [3.8, 4) is 5.75 Å². The lowest BCUT2D eigenvalue weighted by Crippen LogP contribution is -2.34. The lowest BCUT2D eigenvalue weighted by atomic mass is 10.1. The Morgan fingerprint density at radius 3 is 2.64 bits per heavy atom. The molecule has 1 fully saturated rings. The molecular formula is C19H22BrClN2O2. The number of carbonyl (C=O) groups is 1. The van der Waals surface area contributed by atoms with Gasteiger partial charge in [-0.05, 0) is 42.8 Å². The summed E-state index contributed by atoms with van der Waals surface area (Å²) in [5.74, 6) is 0.688. The van der Waals surface area contributed by atoms with Crippen LogP contribution < -0.4 is 10.1 Å². The van der Waals surface area contributed by atoms with E-state index in [1.54, 1.807) is 0 Å². The predicted molar refractivity (Wildman–Crippen MR) is 106 cm³/mol. The summed E-state index contributed by atoms with van der Waals surface area (Å²) in [6.45, 7) is 3.77. The third kappa shape index (κ3) is 5.46. The second-order valence-electron chi connectivity index (χ2n) is 5.81. The van der Waals surface area contributed by atoms with Gasteiger partial charge in [0.2, 0.25) is 0 Å². The van der Waals surface area contributed by atoms with Crippen LogP contribution in [-0.2, 0) is 6.61 Å². The Kier molecular flexibility index (Phi) is 7.75. The van der Waals surface area contributed by atoms with Gasteiger partial charge in [-0.3, -0.25) is 4.79 Å². The van der Waals surface area contributed by atoms with Gasteiger partial charge >= 0.3 is 0 Å². The Bertz CT molecular complexity index is 686. The van der Waals surface area contributed by atoms with E-state index in [4.69, 9.17) is 4.74 Å². The molecule has 0 atom stereocenters. The van der Waals surface area contributed by atoms with Crippen molar-refractivity contribution >= 4 is 34.2 Å². The molecular weight excluding hydrogens is 404 g/mol. The highest BCUT2D eigenvalue weighted by Gasteiger charge is 2.20. The molecule has 6 heteroatoms. The van der Waals surface area contributed by atoms with E-state index in [0.29, 0.717) is 17.9 Å². The number of nitrogens with one attached hydrogen (secondary N) is 1. The highest BCUT2D eigenvalue weighted by molar-refractivity contribution is 9.10. The minimum Gasteiger partial charge on any atom is -0.488 e. The van der Waals surface area contributed by atoms with Crippen LogP contribution in [0.15, 0.2) is 53.0 Å². The van der Waals surface area contributed by atoms with Crippen LogP contribution >= 0.6 is 28.3 Å². The standard InChI is InChI=1S/C19H21BrN2O2.ClH/c20-16-8-6-15(7-9-16)14-24-18-5-2-1-4-17(18)19(23)22-12-3-10-21-11-13-22;/h1-2,4-9,21H,3,10-14H2;1H. The molecule has 1 amide bonds. The van der Waals surface area contributed by atoms with Crippen LogP contribution in [0.25, 0.3) is 0 Å². The van der Waals surface area contributed by atoms with Crippen molar-refractivity contribution in [2.45, 2.75) is 13.0 Å². The summed E-state index contributed by atoms with van der Waals surface area (Å²) < 4.78 is 6.97. The van der Waals surface area contributed by atoms with Gasteiger partial charge in [0.15, 0.2) is 0 Å².